The second kappa shape index (κ2) is 9.94. The summed E-state index contributed by atoms with van der Waals surface area (Å²) in [7, 11) is 2.14. The van der Waals surface area contributed by atoms with E-state index in [0.29, 0.717) is 12.2 Å². The Morgan fingerprint density at radius 3 is 2.50 bits per heavy atom. The van der Waals surface area contributed by atoms with Crippen molar-refractivity contribution < 1.29 is 9.53 Å². The largest absolute Gasteiger partial charge is 0.491 e. The fourth-order valence-electron chi connectivity index (χ4n) is 3.14. The van der Waals surface area contributed by atoms with Crippen LogP contribution in [0, 0.1) is 0 Å². The number of hydrogen-bond donors (Lipinski definition) is 1. The third kappa shape index (κ3) is 5.49. The molecule has 0 aromatic heterocycles. The molecule has 0 aliphatic carbocycles. The number of hydrogen-bond acceptors (Lipinski definition) is 4. The van der Waals surface area contributed by atoms with Gasteiger partial charge in [0, 0.05) is 41.9 Å². The first-order valence-corrected chi connectivity index (χ1v) is 10.6. The summed E-state index contributed by atoms with van der Waals surface area (Å²) in [5, 5.41) is 3.01. The van der Waals surface area contributed by atoms with Crippen LogP contribution in [0.25, 0.3) is 0 Å². The molecule has 0 spiro atoms. The molecule has 2 aromatic carbocycles. The quantitative estimate of drug-likeness (QED) is 0.630. The van der Waals surface area contributed by atoms with Crippen molar-refractivity contribution in [2.24, 2.45) is 0 Å². The lowest BCUT2D eigenvalue weighted by atomic mass is 10.2. The summed E-state index contributed by atoms with van der Waals surface area (Å²) in [6, 6.07) is 13.3. The molecule has 150 valence electrons. The Morgan fingerprint density at radius 2 is 1.82 bits per heavy atom. The maximum atomic E-state index is 12.6. The van der Waals surface area contributed by atoms with Crippen LogP contribution < -0.4 is 15.0 Å². The van der Waals surface area contributed by atoms with Crippen LogP contribution in [-0.2, 0) is 0 Å². The van der Waals surface area contributed by atoms with E-state index in [4.69, 9.17) is 4.74 Å². The average Bonchev–Trinajstić information content (AvgIpc) is 2.70. The van der Waals surface area contributed by atoms with Crippen LogP contribution in [0.2, 0.25) is 0 Å². The summed E-state index contributed by atoms with van der Waals surface area (Å²) in [4.78, 5) is 17.2. The molecule has 3 rings (SSSR count). The van der Waals surface area contributed by atoms with E-state index in [-0.39, 0.29) is 5.91 Å². The Bertz CT molecular complexity index is 787. The van der Waals surface area contributed by atoms with Crippen molar-refractivity contribution >= 4 is 33.2 Å². The second-order valence-electron chi connectivity index (χ2n) is 7.14. The maximum absolute atomic E-state index is 12.6. The van der Waals surface area contributed by atoms with Gasteiger partial charge in [-0.3, -0.25) is 4.79 Å². The van der Waals surface area contributed by atoms with Gasteiger partial charge < -0.3 is 19.9 Å². The molecule has 6 heteroatoms. The Labute approximate surface area is 175 Å². The molecule has 28 heavy (non-hydrogen) atoms. The number of ether oxygens (including phenoxy) is 1. The van der Waals surface area contributed by atoms with Crippen molar-refractivity contribution in [2.45, 2.75) is 19.8 Å². The molecule has 1 heterocycles. The highest BCUT2D eigenvalue weighted by Gasteiger charge is 2.19. The van der Waals surface area contributed by atoms with Crippen LogP contribution in [0.1, 0.15) is 30.1 Å². The zero-order chi connectivity index (χ0) is 19.9. The predicted octanol–water partition coefficient (Wildman–Crippen LogP) is 4.63. The van der Waals surface area contributed by atoms with Crippen LogP contribution in [0.5, 0.6) is 5.75 Å². The van der Waals surface area contributed by atoms with Gasteiger partial charge in [0.15, 0.2) is 0 Å². The van der Waals surface area contributed by atoms with Crippen LogP contribution in [0.15, 0.2) is 46.9 Å². The Morgan fingerprint density at radius 1 is 1.11 bits per heavy atom. The first kappa shape index (κ1) is 20.7. The maximum Gasteiger partial charge on any atom is 0.255 e. The molecule has 1 aliphatic rings. The number of nitrogens with zero attached hydrogens (tertiary/aromatic N) is 2. The molecular weight excluding hydrogens is 418 g/mol. The SMILES string of the molecule is CCCCOc1ccc(NC(=O)c2ccc(Br)cc2)cc1N1CCN(C)CC1. The standard InChI is InChI=1S/C22H28BrN3O2/c1-3-4-15-28-21-10-9-19(16-20(21)26-13-11-25(2)12-14-26)24-22(27)17-5-7-18(23)8-6-17/h5-10,16H,3-4,11-15H2,1-2H3,(H,24,27). The normalized spacial score (nSPS) is 14.8. The van der Waals surface area contributed by atoms with E-state index >= 15 is 0 Å². The number of halogens is 1. The Balaban J connectivity index is 1.78. The summed E-state index contributed by atoms with van der Waals surface area (Å²) in [5.74, 6) is 0.774. The first-order valence-electron chi connectivity index (χ1n) is 9.84. The van der Waals surface area contributed by atoms with Crippen LogP contribution in [0.4, 0.5) is 11.4 Å². The van der Waals surface area contributed by atoms with E-state index in [2.05, 4.69) is 45.0 Å². The van der Waals surface area contributed by atoms with Gasteiger partial charge >= 0.3 is 0 Å². The summed E-state index contributed by atoms with van der Waals surface area (Å²) in [6.07, 6.45) is 2.13. The number of carbonyl (C=O) groups is 1. The number of piperazine rings is 1. The van der Waals surface area contributed by atoms with Gasteiger partial charge in [0.25, 0.3) is 5.91 Å². The minimum absolute atomic E-state index is 0.114. The monoisotopic (exact) mass is 445 g/mol. The highest BCUT2D eigenvalue weighted by molar-refractivity contribution is 9.10. The first-order chi connectivity index (χ1) is 13.6. The zero-order valence-electron chi connectivity index (χ0n) is 16.6. The fourth-order valence-corrected chi connectivity index (χ4v) is 3.41. The number of amides is 1. The minimum Gasteiger partial charge on any atom is -0.491 e. The average molecular weight is 446 g/mol. The van der Waals surface area contributed by atoms with Gasteiger partial charge in [0.1, 0.15) is 5.75 Å². The van der Waals surface area contributed by atoms with Crippen LogP contribution >= 0.6 is 15.9 Å². The van der Waals surface area contributed by atoms with E-state index in [0.717, 1.165) is 60.6 Å². The summed E-state index contributed by atoms with van der Waals surface area (Å²) in [6.45, 7) is 6.80. The lowest BCUT2D eigenvalue weighted by molar-refractivity contribution is 0.102. The van der Waals surface area contributed by atoms with E-state index in [9.17, 15) is 4.79 Å². The van der Waals surface area contributed by atoms with Gasteiger partial charge in [-0.05, 0) is 55.9 Å². The van der Waals surface area contributed by atoms with E-state index in [1.54, 1.807) is 0 Å². The zero-order valence-corrected chi connectivity index (χ0v) is 18.2. The molecule has 1 aliphatic heterocycles. The number of unbranched alkanes of at least 4 members (excludes halogenated alkanes) is 1. The molecule has 2 aromatic rings. The number of carbonyl (C=O) groups excluding carboxylic acids is 1. The molecule has 1 fully saturated rings. The number of anilines is 2. The smallest absolute Gasteiger partial charge is 0.255 e. The number of likely N-dealkylation sites (N-methyl/N-ethyl adjacent to an activating group) is 1. The molecule has 0 unspecified atom stereocenters. The van der Waals surface area contributed by atoms with Crippen molar-refractivity contribution in [3.8, 4) is 5.75 Å². The molecule has 5 nitrogen and oxygen atoms in total. The van der Waals surface area contributed by atoms with Gasteiger partial charge in [-0.2, -0.15) is 0 Å². The molecule has 1 saturated heterocycles. The lowest BCUT2D eigenvalue weighted by Gasteiger charge is -2.35. The number of nitrogens with one attached hydrogen (secondary N) is 1. The Hall–Kier alpha value is -2.05. The van der Waals surface area contributed by atoms with E-state index in [1.807, 2.05) is 42.5 Å². The minimum atomic E-state index is -0.114. The third-order valence-electron chi connectivity index (χ3n) is 4.92. The molecule has 0 atom stereocenters. The lowest BCUT2D eigenvalue weighted by Crippen LogP contribution is -2.44. The molecule has 0 saturated carbocycles. The third-order valence-corrected chi connectivity index (χ3v) is 5.45. The summed E-state index contributed by atoms with van der Waals surface area (Å²) < 4.78 is 7.00. The van der Waals surface area contributed by atoms with Crippen molar-refractivity contribution in [1.82, 2.24) is 4.90 Å². The van der Waals surface area contributed by atoms with Gasteiger partial charge in [-0.25, -0.2) is 0 Å². The van der Waals surface area contributed by atoms with E-state index < -0.39 is 0 Å². The van der Waals surface area contributed by atoms with Crippen molar-refractivity contribution in [1.29, 1.82) is 0 Å². The number of rotatable bonds is 7. The fraction of sp³-hybridized carbons (Fsp3) is 0.409. The molecule has 1 amide bonds. The molecule has 0 radical (unpaired) electrons. The van der Waals surface area contributed by atoms with Gasteiger partial charge in [0.2, 0.25) is 0 Å². The topological polar surface area (TPSA) is 44.8 Å². The van der Waals surface area contributed by atoms with Gasteiger partial charge in [0.05, 0.1) is 12.3 Å². The second-order valence-corrected chi connectivity index (χ2v) is 8.05. The number of benzene rings is 2. The molecule has 0 bridgehead atoms. The van der Waals surface area contributed by atoms with Crippen molar-refractivity contribution in [3.63, 3.8) is 0 Å². The van der Waals surface area contributed by atoms with Crippen molar-refractivity contribution in [2.75, 3.05) is 50.1 Å². The van der Waals surface area contributed by atoms with Crippen LogP contribution in [0.3, 0.4) is 0 Å². The van der Waals surface area contributed by atoms with Crippen LogP contribution in [-0.4, -0.2) is 50.6 Å². The summed E-state index contributed by atoms with van der Waals surface area (Å²) >= 11 is 3.40. The molecule has 1 N–H and O–H groups in total. The van der Waals surface area contributed by atoms with Gasteiger partial charge in [-0.1, -0.05) is 29.3 Å². The highest BCUT2D eigenvalue weighted by atomic mass is 79.9. The van der Waals surface area contributed by atoms with Gasteiger partial charge in [-0.15, -0.1) is 0 Å². The van der Waals surface area contributed by atoms with Crippen molar-refractivity contribution in [3.05, 3.63) is 52.5 Å². The highest BCUT2D eigenvalue weighted by Crippen LogP contribution is 2.32. The predicted molar refractivity (Wildman–Crippen MR) is 119 cm³/mol. The Kier molecular flexibility index (Phi) is 7.34. The van der Waals surface area contributed by atoms with E-state index in [1.165, 1.54) is 0 Å². The summed E-state index contributed by atoms with van der Waals surface area (Å²) in [5.41, 5.74) is 2.47. The molecular formula is C22H28BrN3O2.